The Balaban J connectivity index is 1.69. The van der Waals surface area contributed by atoms with Gasteiger partial charge < -0.3 is 20.3 Å². The van der Waals surface area contributed by atoms with Crippen molar-refractivity contribution < 1.29 is 14.3 Å². The third-order valence-electron chi connectivity index (χ3n) is 4.97. The summed E-state index contributed by atoms with van der Waals surface area (Å²) in [6, 6.07) is 12.9. The van der Waals surface area contributed by atoms with Crippen LogP contribution in [0.4, 0.5) is 0 Å². The van der Waals surface area contributed by atoms with E-state index in [2.05, 4.69) is 33.1 Å². The molecule has 6 nitrogen and oxygen atoms in total. The molecule has 2 aromatic carbocycles. The predicted octanol–water partition coefficient (Wildman–Crippen LogP) is 2.50. The average molecular weight is 428 g/mol. The van der Waals surface area contributed by atoms with Crippen LogP contribution < -0.4 is 15.4 Å². The first-order chi connectivity index (χ1) is 12.9. The van der Waals surface area contributed by atoms with Gasteiger partial charge in [-0.05, 0) is 41.5 Å². The second-order valence-corrected chi connectivity index (χ2v) is 7.57. The maximum Gasteiger partial charge on any atom is 0.257 e. The summed E-state index contributed by atoms with van der Waals surface area (Å²) in [5, 5.41) is 5.90. The number of halogens is 1. The molecule has 2 amide bonds. The quantitative estimate of drug-likeness (QED) is 0.786. The summed E-state index contributed by atoms with van der Waals surface area (Å²) in [5.41, 5.74) is 1.21. The van der Waals surface area contributed by atoms with Crippen LogP contribution in [0.1, 0.15) is 21.5 Å². The Morgan fingerprint density at radius 1 is 1.22 bits per heavy atom. The number of ether oxygens (including phenoxy) is 1. The number of nitrogens with one attached hydrogen (secondary N) is 2. The van der Waals surface area contributed by atoms with Gasteiger partial charge in [-0.3, -0.25) is 9.59 Å². The van der Waals surface area contributed by atoms with E-state index in [9.17, 15) is 9.59 Å². The number of methoxy groups -OCH3 is 1. The number of carbonyl (C=O) groups is 2. The maximum absolute atomic E-state index is 12.9. The average Bonchev–Trinajstić information content (AvgIpc) is 3.11. The fraction of sp³-hybridized carbons (Fsp3) is 0.200. The first kappa shape index (κ1) is 17.6. The molecule has 7 heteroatoms. The molecule has 2 aliphatic heterocycles. The Bertz CT molecular complexity index is 957. The highest BCUT2D eigenvalue weighted by molar-refractivity contribution is 9.10. The van der Waals surface area contributed by atoms with Gasteiger partial charge in [-0.15, -0.1) is 0 Å². The number of amides is 2. The van der Waals surface area contributed by atoms with Crippen molar-refractivity contribution in [2.45, 2.75) is 12.1 Å². The summed E-state index contributed by atoms with van der Waals surface area (Å²) in [7, 11) is 1.59. The number of carbonyl (C=O) groups excluding carboxylic acids is 2. The second-order valence-electron chi connectivity index (χ2n) is 6.65. The first-order valence-corrected chi connectivity index (χ1v) is 9.23. The smallest absolute Gasteiger partial charge is 0.257 e. The van der Waals surface area contributed by atoms with Crippen LogP contribution in [0.2, 0.25) is 0 Å². The van der Waals surface area contributed by atoms with Crippen molar-refractivity contribution in [1.29, 1.82) is 0 Å². The molecule has 0 aliphatic carbocycles. The molecule has 1 atom stereocenters. The zero-order valence-corrected chi connectivity index (χ0v) is 16.3. The van der Waals surface area contributed by atoms with Gasteiger partial charge in [-0.1, -0.05) is 34.6 Å². The number of benzene rings is 2. The summed E-state index contributed by atoms with van der Waals surface area (Å²) in [6.45, 7) is 4.44. The normalized spacial score (nSPS) is 21.1. The standard InChI is InChI=1S/C20H18BrN3O3/c1-12-22-19(26)20(23-12,14-3-5-15(21)6-4-14)11-24-10-13-9-16(27-2)7-8-17(13)18(24)25/h3-9,23H,1,10-11H2,2H3,(H,22,26). The lowest BCUT2D eigenvalue weighted by atomic mass is 9.89. The molecule has 0 spiro atoms. The molecular weight excluding hydrogens is 410 g/mol. The molecule has 2 heterocycles. The van der Waals surface area contributed by atoms with E-state index in [1.165, 1.54) is 0 Å². The lowest BCUT2D eigenvalue weighted by Gasteiger charge is -2.32. The number of hydrogen-bond acceptors (Lipinski definition) is 4. The molecule has 0 aromatic heterocycles. The second kappa shape index (κ2) is 6.42. The van der Waals surface area contributed by atoms with E-state index in [4.69, 9.17) is 4.74 Å². The maximum atomic E-state index is 12.9. The minimum Gasteiger partial charge on any atom is -0.497 e. The molecule has 0 saturated carbocycles. The van der Waals surface area contributed by atoms with Gasteiger partial charge in [0.1, 0.15) is 5.75 Å². The molecule has 0 bridgehead atoms. The Morgan fingerprint density at radius 2 is 1.96 bits per heavy atom. The van der Waals surface area contributed by atoms with Crippen LogP contribution in [-0.4, -0.2) is 30.4 Å². The van der Waals surface area contributed by atoms with Crippen molar-refractivity contribution in [2.75, 3.05) is 13.7 Å². The Kier molecular flexibility index (Phi) is 4.19. The van der Waals surface area contributed by atoms with Crippen molar-refractivity contribution in [3.05, 3.63) is 76.0 Å². The molecule has 2 aliphatic rings. The van der Waals surface area contributed by atoms with E-state index < -0.39 is 5.54 Å². The molecule has 2 aromatic rings. The molecule has 2 N–H and O–H groups in total. The monoisotopic (exact) mass is 427 g/mol. The predicted molar refractivity (Wildman–Crippen MR) is 104 cm³/mol. The van der Waals surface area contributed by atoms with Crippen molar-refractivity contribution in [1.82, 2.24) is 15.5 Å². The highest BCUT2D eigenvalue weighted by atomic mass is 79.9. The largest absolute Gasteiger partial charge is 0.497 e. The van der Waals surface area contributed by atoms with Gasteiger partial charge in [0.05, 0.1) is 19.5 Å². The van der Waals surface area contributed by atoms with E-state index in [0.29, 0.717) is 23.7 Å². The van der Waals surface area contributed by atoms with Crippen LogP contribution in [0.5, 0.6) is 5.75 Å². The highest BCUT2D eigenvalue weighted by Crippen LogP contribution is 2.33. The lowest BCUT2D eigenvalue weighted by molar-refractivity contribution is -0.124. The third kappa shape index (κ3) is 2.88. The zero-order chi connectivity index (χ0) is 19.2. The number of rotatable bonds is 4. The summed E-state index contributed by atoms with van der Waals surface area (Å²) in [6.07, 6.45) is 0. The Hall–Kier alpha value is -2.80. The van der Waals surface area contributed by atoms with E-state index in [1.54, 1.807) is 24.1 Å². The van der Waals surface area contributed by atoms with E-state index in [0.717, 1.165) is 15.6 Å². The van der Waals surface area contributed by atoms with Crippen molar-refractivity contribution in [3.63, 3.8) is 0 Å². The van der Waals surface area contributed by atoms with E-state index in [-0.39, 0.29) is 18.4 Å². The van der Waals surface area contributed by atoms with Crippen LogP contribution >= 0.6 is 15.9 Å². The van der Waals surface area contributed by atoms with Crippen LogP contribution in [-0.2, 0) is 16.9 Å². The molecule has 1 fully saturated rings. The Morgan fingerprint density at radius 3 is 2.59 bits per heavy atom. The number of hydrogen-bond donors (Lipinski definition) is 2. The van der Waals surface area contributed by atoms with Gasteiger partial charge in [0.15, 0.2) is 5.54 Å². The summed E-state index contributed by atoms with van der Waals surface area (Å²) in [5.74, 6) is 0.803. The summed E-state index contributed by atoms with van der Waals surface area (Å²) in [4.78, 5) is 27.4. The first-order valence-electron chi connectivity index (χ1n) is 8.44. The van der Waals surface area contributed by atoms with Crippen LogP contribution in [0.25, 0.3) is 0 Å². The van der Waals surface area contributed by atoms with Crippen LogP contribution in [0.15, 0.2) is 59.3 Å². The van der Waals surface area contributed by atoms with Gasteiger partial charge >= 0.3 is 0 Å². The fourth-order valence-corrected chi connectivity index (χ4v) is 3.89. The molecule has 4 rings (SSSR count). The van der Waals surface area contributed by atoms with Gasteiger partial charge in [-0.2, -0.15) is 0 Å². The topological polar surface area (TPSA) is 70.7 Å². The number of nitrogens with zero attached hydrogens (tertiary/aromatic N) is 1. The van der Waals surface area contributed by atoms with Crippen molar-refractivity contribution >= 4 is 27.7 Å². The van der Waals surface area contributed by atoms with Gasteiger partial charge in [-0.25, -0.2) is 0 Å². The van der Waals surface area contributed by atoms with Gasteiger partial charge in [0.2, 0.25) is 0 Å². The fourth-order valence-electron chi connectivity index (χ4n) is 3.63. The minimum atomic E-state index is -1.08. The molecule has 138 valence electrons. The zero-order valence-electron chi connectivity index (χ0n) is 14.7. The minimum absolute atomic E-state index is 0.101. The van der Waals surface area contributed by atoms with Crippen molar-refractivity contribution in [3.8, 4) is 5.75 Å². The Labute approximate surface area is 165 Å². The van der Waals surface area contributed by atoms with Crippen molar-refractivity contribution in [2.24, 2.45) is 0 Å². The third-order valence-corrected chi connectivity index (χ3v) is 5.50. The van der Waals surface area contributed by atoms with Gasteiger partial charge in [0.25, 0.3) is 11.8 Å². The van der Waals surface area contributed by atoms with Crippen LogP contribution in [0, 0.1) is 0 Å². The summed E-state index contributed by atoms with van der Waals surface area (Å²) >= 11 is 3.41. The SMILES string of the molecule is C=C1NC(=O)C(CN2Cc3cc(OC)ccc3C2=O)(c2ccc(Br)cc2)N1. The van der Waals surface area contributed by atoms with E-state index >= 15 is 0 Å². The molecular formula is C20H18BrN3O3. The number of fused-ring (bicyclic) bond motifs is 1. The molecule has 1 saturated heterocycles. The molecule has 27 heavy (non-hydrogen) atoms. The lowest BCUT2D eigenvalue weighted by Crippen LogP contribution is -2.52. The van der Waals surface area contributed by atoms with E-state index in [1.807, 2.05) is 30.3 Å². The van der Waals surface area contributed by atoms with Gasteiger partial charge in [0, 0.05) is 16.6 Å². The molecule has 0 radical (unpaired) electrons. The highest BCUT2D eigenvalue weighted by Gasteiger charge is 2.48. The molecule has 1 unspecified atom stereocenters. The summed E-state index contributed by atoms with van der Waals surface area (Å²) < 4.78 is 6.16. The van der Waals surface area contributed by atoms with Crippen LogP contribution in [0.3, 0.4) is 0 Å².